The van der Waals surface area contributed by atoms with Gasteiger partial charge in [0, 0.05) is 4.47 Å². The van der Waals surface area contributed by atoms with Crippen molar-refractivity contribution in [2.75, 3.05) is 0 Å². The van der Waals surface area contributed by atoms with Crippen LogP contribution in [-0.2, 0) is 6.42 Å². The second kappa shape index (κ2) is 9.47. The van der Waals surface area contributed by atoms with E-state index in [-0.39, 0.29) is 0 Å². The number of fused-ring (bicyclic) bond motifs is 1. The van der Waals surface area contributed by atoms with Crippen LogP contribution in [0, 0.1) is 4.64 Å². The minimum atomic E-state index is -0.460. The molecule has 0 unspecified atom stereocenters. The summed E-state index contributed by atoms with van der Waals surface area (Å²) in [5.74, 6) is -0.460. The molecule has 0 N–H and O–H groups in total. The third-order valence-corrected chi connectivity index (χ3v) is 5.66. The number of halogens is 1. The van der Waals surface area contributed by atoms with Crippen molar-refractivity contribution in [3.05, 3.63) is 67.7 Å². The number of aromatic nitrogens is 1. The molecular weight excluding hydrogens is 422 g/mol. The van der Waals surface area contributed by atoms with Gasteiger partial charge in [0.15, 0.2) is 0 Å². The van der Waals surface area contributed by atoms with Crippen LogP contribution in [0.25, 0.3) is 16.7 Å². The SMILES string of the molecule is CCCCCCCCc1ccc(-n2c(=O)oc3ccc(Br)cc3c2=S)cc1. The largest absolute Gasteiger partial charge is 0.425 e. The summed E-state index contributed by atoms with van der Waals surface area (Å²) in [5, 5.41) is 0.745. The van der Waals surface area contributed by atoms with Crippen molar-refractivity contribution in [3.63, 3.8) is 0 Å². The Labute approximate surface area is 173 Å². The lowest BCUT2D eigenvalue weighted by atomic mass is 10.0. The predicted octanol–water partition coefficient (Wildman–Crippen LogP) is 6.98. The van der Waals surface area contributed by atoms with Gasteiger partial charge in [-0.15, -0.1) is 0 Å². The van der Waals surface area contributed by atoms with Gasteiger partial charge in [-0.1, -0.05) is 79.3 Å². The maximum Gasteiger partial charge on any atom is 0.425 e. The molecule has 0 aliphatic rings. The summed E-state index contributed by atoms with van der Waals surface area (Å²) in [5.41, 5.74) is 2.53. The molecule has 2 aromatic carbocycles. The molecule has 0 saturated heterocycles. The molecule has 0 radical (unpaired) electrons. The Morgan fingerprint density at radius 3 is 2.44 bits per heavy atom. The van der Waals surface area contributed by atoms with E-state index >= 15 is 0 Å². The van der Waals surface area contributed by atoms with E-state index in [1.165, 1.54) is 48.7 Å². The lowest BCUT2D eigenvalue weighted by Crippen LogP contribution is -2.18. The molecule has 3 aromatic rings. The molecule has 0 bridgehead atoms. The summed E-state index contributed by atoms with van der Waals surface area (Å²) < 4.78 is 8.26. The first-order valence-corrected chi connectivity index (χ1v) is 10.7. The van der Waals surface area contributed by atoms with E-state index in [1.807, 2.05) is 24.3 Å². The van der Waals surface area contributed by atoms with Gasteiger partial charge < -0.3 is 4.42 Å². The van der Waals surface area contributed by atoms with E-state index in [0.717, 1.165) is 22.0 Å². The van der Waals surface area contributed by atoms with Crippen molar-refractivity contribution < 1.29 is 4.42 Å². The van der Waals surface area contributed by atoms with Gasteiger partial charge in [-0.25, -0.2) is 9.36 Å². The Hall–Kier alpha value is -1.72. The van der Waals surface area contributed by atoms with Crippen molar-refractivity contribution in [2.45, 2.75) is 51.9 Å². The molecule has 0 spiro atoms. The molecule has 1 aromatic heterocycles. The van der Waals surface area contributed by atoms with E-state index in [2.05, 4.69) is 35.0 Å². The summed E-state index contributed by atoms with van der Waals surface area (Å²) in [6.07, 6.45) is 8.81. The number of hydrogen-bond acceptors (Lipinski definition) is 3. The molecule has 3 nitrogen and oxygen atoms in total. The van der Waals surface area contributed by atoms with Crippen LogP contribution in [0.1, 0.15) is 51.0 Å². The highest BCUT2D eigenvalue weighted by atomic mass is 79.9. The van der Waals surface area contributed by atoms with Crippen molar-refractivity contribution in [1.29, 1.82) is 0 Å². The zero-order valence-corrected chi connectivity index (χ0v) is 17.9. The second-order valence-corrected chi connectivity index (χ2v) is 8.14. The van der Waals surface area contributed by atoms with E-state index in [1.54, 1.807) is 6.07 Å². The summed E-state index contributed by atoms with van der Waals surface area (Å²) in [6, 6.07) is 13.5. The van der Waals surface area contributed by atoms with E-state index in [4.69, 9.17) is 16.6 Å². The first-order valence-electron chi connectivity index (χ1n) is 9.55. The van der Waals surface area contributed by atoms with Crippen molar-refractivity contribution in [2.24, 2.45) is 0 Å². The quantitative estimate of drug-likeness (QED) is 0.277. The van der Waals surface area contributed by atoms with Crippen LogP contribution in [0.4, 0.5) is 0 Å². The van der Waals surface area contributed by atoms with Crippen molar-refractivity contribution in [3.8, 4) is 5.69 Å². The molecule has 0 saturated carbocycles. The third-order valence-electron chi connectivity index (χ3n) is 4.77. The average molecular weight is 446 g/mol. The Morgan fingerprint density at radius 1 is 1.00 bits per heavy atom. The maximum absolute atomic E-state index is 12.4. The zero-order valence-electron chi connectivity index (χ0n) is 15.5. The first-order chi connectivity index (χ1) is 13.1. The second-order valence-electron chi connectivity index (χ2n) is 6.83. The summed E-state index contributed by atoms with van der Waals surface area (Å²) in [4.78, 5) is 12.4. The lowest BCUT2D eigenvalue weighted by molar-refractivity contribution is 0.507. The molecule has 0 atom stereocenters. The Balaban J connectivity index is 1.77. The van der Waals surface area contributed by atoms with Crippen LogP contribution in [0.3, 0.4) is 0 Å². The topological polar surface area (TPSA) is 35.1 Å². The summed E-state index contributed by atoms with van der Waals surface area (Å²) in [7, 11) is 0. The van der Waals surface area contributed by atoms with Gasteiger partial charge in [-0.2, -0.15) is 0 Å². The van der Waals surface area contributed by atoms with Crippen molar-refractivity contribution >= 4 is 39.1 Å². The summed E-state index contributed by atoms with van der Waals surface area (Å²) in [6.45, 7) is 2.24. The number of aryl methyl sites for hydroxylation is 1. The Bertz CT molecular complexity index is 1020. The van der Waals surface area contributed by atoms with Crippen LogP contribution >= 0.6 is 28.1 Å². The predicted molar refractivity (Wildman–Crippen MR) is 117 cm³/mol. The average Bonchev–Trinajstić information content (AvgIpc) is 2.66. The van der Waals surface area contributed by atoms with E-state index < -0.39 is 5.76 Å². The molecule has 0 aliphatic carbocycles. The normalized spacial score (nSPS) is 11.2. The van der Waals surface area contributed by atoms with Gasteiger partial charge in [-0.3, -0.25) is 0 Å². The fourth-order valence-electron chi connectivity index (χ4n) is 3.25. The van der Waals surface area contributed by atoms with Crippen LogP contribution in [0.2, 0.25) is 0 Å². The smallest absolute Gasteiger partial charge is 0.409 e. The number of hydrogen-bond donors (Lipinski definition) is 0. The Kier molecular flexibility index (Phi) is 7.02. The molecular formula is C22H24BrNO2S. The number of benzene rings is 2. The van der Waals surface area contributed by atoms with Crippen LogP contribution in [0.15, 0.2) is 56.1 Å². The standard InChI is InChI=1S/C22H24BrNO2S/c1-2-3-4-5-6-7-8-16-9-12-18(13-10-16)24-21(27)19-15-17(23)11-14-20(19)26-22(24)25/h9-15H,2-8H2,1H3. The van der Waals surface area contributed by atoms with E-state index in [0.29, 0.717) is 10.2 Å². The molecule has 0 fully saturated rings. The van der Waals surface area contributed by atoms with Gasteiger partial charge in [0.05, 0.1) is 11.1 Å². The van der Waals surface area contributed by atoms with Crippen molar-refractivity contribution in [1.82, 2.24) is 4.57 Å². The van der Waals surface area contributed by atoms with E-state index in [9.17, 15) is 4.79 Å². The fraction of sp³-hybridized carbons (Fsp3) is 0.364. The molecule has 27 heavy (non-hydrogen) atoms. The maximum atomic E-state index is 12.4. The third kappa shape index (κ3) is 4.96. The van der Waals surface area contributed by atoms with Gasteiger partial charge in [0.2, 0.25) is 0 Å². The molecule has 5 heteroatoms. The van der Waals surface area contributed by atoms with Gasteiger partial charge in [0.1, 0.15) is 10.2 Å². The van der Waals surface area contributed by atoms with Crippen LogP contribution < -0.4 is 5.76 Å². The Morgan fingerprint density at radius 2 is 1.70 bits per heavy atom. The molecule has 0 amide bonds. The minimum absolute atomic E-state index is 0.460. The first kappa shape index (κ1) is 20.0. The van der Waals surface area contributed by atoms with Gasteiger partial charge >= 0.3 is 5.76 Å². The lowest BCUT2D eigenvalue weighted by Gasteiger charge is -2.09. The van der Waals surface area contributed by atoms with Crippen LogP contribution in [0.5, 0.6) is 0 Å². The number of rotatable bonds is 8. The highest BCUT2D eigenvalue weighted by Crippen LogP contribution is 2.21. The highest BCUT2D eigenvalue weighted by Gasteiger charge is 2.09. The van der Waals surface area contributed by atoms with Gasteiger partial charge in [-0.05, 0) is 48.7 Å². The molecule has 3 rings (SSSR count). The summed E-state index contributed by atoms with van der Waals surface area (Å²) >= 11 is 9.00. The molecule has 1 heterocycles. The molecule has 0 aliphatic heterocycles. The number of nitrogens with zero attached hydrogens (tertiary/aromatic N) is 1. The fourth-order valence-corrected chi connectivity index (χ4v) is 3.95. The van der Waals surface area contributed by atoms with Crippen LogP contribution in [-0.4, -0.2) is 4.57 Å². The highest BCUT2D eigenvalue weighted by molar-refractivity contribution is 9.10. The molecule has 142 valence electrons. The number of unbranched alkanes of at least 4 members (excludes halogenated alkanes) is 5. The minimum Gasteiger partial charge on any atom is -0.409 e. The zero-order chi connectivity index (χ0) is 19.2. The monoisotopic (exact) mass is 445 g/mol. The van der Waals surface area contributed by atoms with Gasteiger partial charge in [0.25, 0.3) is 0 Å².